The van der Waals surface area contributed by atoms with E-state index >= 15 is 0 Å². The minimum atomic E-state index is -0.119. The van der Waals surface area contributed by atoms with E-state index in [1.54, 1.807) is 11.9 Å². The van der Waals surface area contributed by atoms with Crippen LogP contribution in [0.3, 0.4) is 0 Å². The van der Waals surface area contributed by atoms with Gasteiger partial charge in [-0.1, -0.05) is 31.0 Å². The number of rotatable bonds is 6. The number of unbranched alkanes of at least 4 members (excludes halogenated alkanes) is 1. The zero-order valence-electron chi connectivity index (χ0n) is 12.8. The standard InChI is InChI=1S/C16H24N2O2/c1-5-6-11-17(4)16(20)12-18(14(3)19)15-9-7-13(2)8-10-15/h7-10H,5-6,11-12H2,1-4H3. The molecule has 0 aliphatic heterocycles. The largest absolute Gasteiger partial charge is 0.344 e. The van der Waals surface area contributed by atoms with Gasteiger partial charge < -0.3 is 9.80 Å². The Bertz CT molecular complexity index is 454. The summed E-state index contributed by atoms with van der Waals surface area (Å²) in [6.45, 7) is 6.39. The summed E-state index contributed by atoms with van der Waals surface area (Å²) in [5.41, 5.74) is 1.89. The number of amides is 2. The Morgan fingerprint density at radius 3 is 2.25 bits per heavy atom. The van der Waals surface area contributed by atoms with E-state index in [1.807, 2.05) is 31.2 Å². The number of carbonyl (C=O) groups excluding carboxylic acids is 2. The maximum atomic E-state index is 12.1. The van der Waals surface area contributed by atoms with Crippen LogP contribution in [0.15, 0.2) is 24.3 Å². The number of carbonyl (C=O) groups is 2. The van der Waals surface area contributed by atoms with Crippen LogP contribution in [0.4, 0.5) is 5.69 Å². The highest BCUT2D eigenvalue weighted by molar-refractivity contribution is 5.97. The van der Waals surface area contributed by atoms with Crippen molar-refractivity contribution in [2.45, 2.75) is 33.6 Å². The lowest BCUT2D eigenvalue weighted by atomic mass is 10.2. The van der Waals surface area contributed by atoms with Crippen LogP contribution < -0.4 is 4.90 Å². The summed E-state index contributed by atoms with van der Waals surface area (Å²) in [4.78, 5) is 27.1. The number of hydrogen-bond acceptors (Lipinski definition) is 2. The SMILES string of the molecule is CCCCN(C)C(=O)CN(C(C)=O)c1ccc(C)cc1. The molecule has 1 rings (SSSR count). The molecule has 110 valence electrons. The summed E-state index contributed by atoms with van der Waals surface area (Å²) < 4.78 is 0. The third-order valence-electron chi connectivity index (χ3n) is 3.29. The lowest BCUT2D eigenvalue weighted by Crippen LogP contribution is -2.41. The van der Waals surface area contributed by atoms with Gasteiger partial charge in [-0.15, -0.1) is 0 Å². The van der Waals surface area contributed by atoms with Crippen molar-refractivity contribution >= 4 is 17.5 Å². The Hall–Kier alpha value is -1.84. The number of benzene rings is 1. The van der Waals surface area contributed by atoms with E-state index in [2.05, 4.69) is 6.92 Å². The second kappa shape index (κ2) is 7.68. The fourth-order valence-corrected chi connectivity index (χ4v) is 1.89. The molecule has 0 unspecified atom stereocenters. The van der Waals surface area contributed by atoms with E-state index < -0.39 is 0 Å². The Morgan fingerprint density at radius 1 is 1.15 bits per heavy atom. The molecule has 1 aromatic rings. The van der Waals surface area contributed by atoms with E-state index in [1.165, 1.54) is 11.8 Å². The maximum absolute atomic E-state index is 12.1. The molecule has 0 spiro atoms. The van der Waals surface area contributed by atoms with E-state index in [0.29, 0.717) is 0 Å². The van der Waals surface area contributed by atoms with E-state index in [9.17, 15) is 9.59 Å². The fraction of sp³-hybridized carbons (Fsp3) is 0.500. The third-order valence-corrected chi connectivity index (χ3v) is 3.29. The minimum absolute atomic E-state index is 0.0331. The molecule has 2 amide bonds. The van der Waals surface area contributed by atoms with Gasteiger partial charge in [-0.25, -0.2) is 0 Å². The van der Waals surface area contributed by atoms with Crippen LogP contribution in [-0.2, 0) is 9.59 Å². The molecule has 0 bridgehead atoms. The molecule has 4 heteroatoms. The summed E-state index contributed by atoms with van der Waals surface area (Å²) in [6, 6.07) is 7.62. The van der Waals surface area contributed by atoms with Crippen LogP contribution in [0.1, 0.15) is 32.3 Å². The first kappa shape index (κ1) is 16.2. The van der Waals surface area contributed by atoms with Crippen molar-refractivity contribution in [2.24, 2.45) is 0 Å². The molecule has 0 aromatic heterocycles. The molecule has 1 aromatic carbocycles. The average Bonchev–Trinajstić information content (AvgIpc) is 2.42. The van der Waals surface area contributed by atoms with Crippen LogP contribution in [0.5, 0.6) is 0 Å². The summed E-state index contributed by atoms with van der Waals surface area (Å²) in [7, 11) is 1.78. The Balaban J connectivity index is 2.75. The monoisotopic (exact) mass is 276 g/mol. The topological polar surface area (TPSA) is 40.6 Å². The van der Waals surface area contributed by atoms with Gasteiger partial charge in [0.15, 0.2) is 0 Å². The number of anilines is 1. The Labute approximate surface area is 121 Å². The first-order valence-electron chi connectivity index (χ1n) is 7.04. The van der Waals surface area contributed by atoms with Crippen LogP contribution in [0.25, 0.3) is 0 Å². The van der Waals surface area contributed by atoms with Crippen molar-refractivity contribution in [2.75, 3.05) is 25.0 Å². The van der Waals surface area contributed by atoms with Crippen molar-refractivity contribution in [1.29, 1.82) is 0 Å². The molecule has 0 saturated carbocycles. The van der Waals surface area contributed by atoms with Crippen molar-refractivity contribution in [3.05, 3.63) is 29.8 Å². The predicted molar refractivity (Wildman–Crippen MR) is 81.8 cm³/mol. The van der Waals surface area contributed by atoms with Gasteiger partial charge in [-0.05, 0) is 25.5 Å². The van der Waals surface area contributed by atoms with Crippen LogP contribution in [-0.4, -0.2) is 36.9 Å². The first-order valence-corrected chi connectivity index (χ1v) is 7.04. The van der Waals surface area contributed by atoms with Gasteiger partial charge >= 0.3 is 0 Å². The normalized spacial score (nSPS) is 10.2. The first-order chi connectivity index (χ1) is 9.45. The molecule has 0 radical (unpaired) electrons. The van der Waals surface area contributed by atoms with Gasteiger partial charge in [0, 0.05) is 26.2 Å². The molecule has 0 heterocycles. The van der Waals surface area contributed by atoms with Gasteiger partial charge in [-0.3, -0.25) is 9.59 Å². The van der Waals surface area contributed by atoms with Gasteiger partial charge in [0.2, 0.25) is 11.8 Å². The summed E-state index contributed by atoms with van der Waals surface area (Å²) in [6.07, 6.45) is 2.03. The predicted octanol–water partition coefficient (Wildman–Crippen LogP) is 2.61. The van der Waals surface area contributed by atoms with Crippen molar-refractivity contribution < 1.29 is 9.59 Å². The summed E-state index contributed by atoms with van der Waals surface area (Å²) in [5, 5.41) is 0. The highest BCUT2D eigenvalue weighted by Crippen LogP contribution is 2.15. The summed E-state index contributed by atoms with van der Waals surface area (Å²) in [5.74, 6) is -0.152. The minimum Gasteiger partial charge on any atom is -0.344 e. The van der Waals surface area contributed by atoms with Crippen LogP contribution in [0, 0.1) is 6.92 Å². The van der Waals surface area contributed by atoms with Gasteiger partial charge in [0.25, 0.3) is 0 Å². The molecule has 0 N–H and O–H groups in total. The van der Waals surface area contributed by atoms with Crippen molar-refractivity contribution in [3.63, 3.8) is 0 Å². The molecule has 4 nitrogen and oxygen atoms in total. The highest BCUT2D eigenvalue weighted by atomic mass is 16.2. The average molecular weight is 276 g/mol. The zero-order chi connectivity index (χ0) is 15.1. The molecule has 0 aliphatic carbocycles. The maximum Gasteiger partial charge on any atom is 0.242 e. The third kappa shape index (κ3) is 4.68. The molecular formula is C16H24N2O2. The second-order valence-corrected chi connectivity index (χ2v) is 5.11. The van der Waals surface area contributed by atoms with E-state index in [-0.39, 0.29) is 18.4 Å². The van der Waals surface area contributed by atoms with E-state index in [0.717, 1.165) is 30.6 Å². The second-order valence-electron chi connectivity index (χ2n) is 5.11. The summed E-state index contributed by atoms with van der Waals surface area (Å²) >= 11 is 0. The number of likely N-dealkylation sites (N-methyl/N-ethyl adjacent to an activating group) is 1. The lowest BCUT2D eigenvalue weighted by molar-refractivity contribution is -0.130. The quantitative estimate of drug-likeness (QED) is 0.801. The van der Waals surface area contributed by atoms with Crippen LogP contribution in [0.2, 0.25) is 0 Å². The van der Waals surface area contributed by atoms with Gasteiger partial charge in [-0.2, -0.15) is 0 Å². The smallest absolute Gasteiger partial charge is 0.242 e. The number of nitrogens with zero attached hydrogens (tertiary/aromatic N) is 2. The molecule has 0 fully saturated rings. The zero-order valence-corrected chi connectivity index (χ0v) is 12.8. The molecule has 0 saturated heterocycles. The number of aryl methyl sites for hydroxylation is 1. The molecule has 0 aliphatic rings. The van der Waals surface area contributed by atoms with Gasteiger partial charge in [0.1, 0.15) is 6.54 Å². The molecular weight excluding hydrogens is 252 g/mol. The lowest BCUT2D eigenvalue weighted by Gasteiger charge is -2.24. The van der Waals surface area contributed by atoms with Gasteiger partial charge in [0.05, 0.1) is 0 Å². The van der Waals surface area contributed by atoms with Crippen LogP contribution >= 0.6 is 0 Å². The highest BCUT2D eigenvalue weighted by Gasteiger charge is 2.17. The Morgan fingerprint density at radius 2 is 1.75 bits per heavy atom. The molecule has 20 heavy (non-hydrogen) atoms. The van der Waals surface area contributed by atoms with Crippen molar-refractivity contribution in [1.82, 2.24) is 4.90 Å². The fourth-order valence-electron chi connectivity index (χ4n) is 1.89. The molecule has 0 atom stereocenters. The Kier molecular flexibility index (Phi) is 6.22. The van der Waals surface area contributed by atoms with E-state index in [4.69, 9.17) is 0 Å². The van der Waals surface area contributed by atoms with Crippen molar-refractivity contribution in [3.8, 4) is 0 Å². The number of hydrogen-bond donors (Lipinski definition) is 0.